The first-order valence-electron chi connectivity index (χ1n) is 4.82. The predicted octanol–water partition coefficient (Wildman–Crippen LogP) is -3.25. The van der Waals surface area contributed by atoms with E-state index < -0.39 is 17.9 Å². The zero-order valence-electron chi connectivity index (χ0n) is 9.67. The van der Waals surface area contributed by atoms with Crippen LogP contribution in [0.3, 0.4) is 0 Å². The smallest absolute Gasteiger partial charge is 0.862 e. The Labute approximate surface area is 112 Å². The van der Waals surface area contributed by atoms with Gasteiger partial charge in [-0.3, -0.25) is 4.79 Å². The van der Waals surface area contributed by atoms with E-state index in [-0.39, 0.29) is 31.8 Å². The maximum atomic E-state index is 11.2. The molecule has 0 fully saturated rings. The molecule has 0 aliphatic carbocycles. The summed E-state index contributed by atoms with van der Waals surface area (Å²) in [5, 5.41) is 19.7. The van der Waals surface area contributed by atoms with Gasteiger partial charge in [-0.2, -0.15) is 0 Å². The molecule has 0 saturated carbocycles. The van der Waals surface area contributed by atoms with Crippen LogP contribution in [0.2, 0.25) is 0 Å². The largest absolute Gasteiger partial charge is 1.00 e. The summed E-state index contributed by atoms with van der Waals surface area (Å²) in [5.41, 5.74) is 6.11. The van der Waals surface area contributed by atoms with Gasteiger partial charge in [-0.15, -0.1) is 0 Å². The standard InChI is InChI=1S/C11H14N2O3.Li/c12-9(11(15)16)6-10(14)13-7-8-4-2-1-3-5-8;/h1-5,9H,6-7,12H2,(H,13,14)(H,15,16);/q;+1/p-1/t9-;/m0./s1. The summed E-state index contributed by atoms with van der Waals surface area (Å²) >= 11 is 0. The van der Waals surface area contributed by atoms with Crippen molar-refractivity contribution in [3.8, 4) is 0 Å². The number of nitrogens with zero attached hydrogens (tertiary/aromatic N) is 1. The fourth-order valence-electron chi connectivity index (χ4n) is 1.10. The molecule has 1 aromatic carbocycles. The van der Waals surface area contributed by atoms with Crippen molar-refractivity contribution < 1.29 is 33.9 Å². The van der Waals surface area contributed by atoms with Gasteiger partial charge < -0.3 is 20.9 Å². The third kappa shape index (κ3) is 6.12. The molecular formula is C11H13LiN2O3. The molecule has 0 bridgehead atoms. The van der Waals surface area contributed by atoms with Gasteiger partial charge in [-0.1, -0.05) is 30.3 Å². The van der Waals surface area contributed by atoms with Crippen LogP contribution < -0.4 is 29.7 Å². The summed E-state index contributed by atoms with van der Waals surface area (Å²) in [7, 11) is 0. The van der Waals surface area contributed by atoms with Gasteiger partial charge in [0.2, 0.25) is 0 Å². The third-order valence-electron chi connectivity index (χ3n) is 1.99. The molecule has 1 aromatic rings. The molecule has 0 radical (unpaired) electrons. The maximum Gasteiger partial charge on any atom is 1.00 e. The number of carbonyl (C=O) groups is 1. The summed E-state index contributed by atoms with van der Waals surface area (Å²) in [6.45, 7) is 0.256. The van der Waals surface area contributed by atoms with Crippen molar-refractivity contribution in [3.63, 3.8) is 0 Å². The van der Waals surface area contributed by atoms with Crippen LogP contribution in [-0.4, -0.2) is 23.0 Å². The summed E-state index contributed by atoms with van der Waals surface area (Å²) in [6, 6.07) is 8.07. The summed E-state index contributed by atoms with van der Waals surface area (Å²) in [4.78, 5) is 14.1. The third-order valence-corrected chi connectivity index (χ3v) is 1.99. The van der Waals surface area contributed by atoms with Crippen LogP contribution in [0.4, 0.5) is 0 Å². The Morgan fingerprint density at radius 3 is 2.53 bits per heavy atom. The summed E-state index contributed by atoms with van der Waals surface area (Å²) in [5.74, 6) is -1.68. The van der Waals surface area contributed by atoms with E-state index in [9.17, 15) is 9.90 Å². The number of aliphatic imine (C=N–C) groups is 1. The van der Waals surface area contributed by atoms with E-state index >= 15 is 0 Å². The number of carboxylic acids is 1. The Morgan fingerprint density at radius 1 is 1.41 bits per heavy atom. The number of rotatable bonds is 5. The monoisotopic (exact) mass is 228 g/mol. The zero-order valence-corrected chi connectivity index (χ0v) is 9.67. The molecule has 0 aliphatic heterocycles. The normalized spacial score (nSPS) is 12.6. The number of nitrogens with two attached hydrogens (primary N) is 1. The zero-order chi connectivity index (χ0) is 12.0. The second kappa shape index (κ2) is 7.90. The topological polar surface area (TPSA) is 98.7 Å². The van der Waals surface area contributed by atoms with Crippen molar-refractivity contribution in [1.29, 1.82) is 0 Å². The van der Waals surface area contributed by atoms with E-state index in [0.717, 1.165) is 5.56 Å². The van der Waals surface area contributed by atoms with Crippen molar-refractivity contribution in [2.24, 2.45) is 10.7 Å². The average Bonchev–Trinajstić information content (AvgIpc) is 2.27. The van der Waals surface area contributed by atoms with Crippen molar-refractivity contribution in [2.45, 2.75) is 19.0 Å². The van der Waals surface area contributed by atoms with Gasteiger partial charge in [-0.25, -0.2) is 0 Å². The SMILES string of the molecule is N[C@@H](CC([O-])=NCc1ccccc1)C(=O)O.[Li+]. The molecule has 1 atom stereocenters. The molecular weight excluding hydrogens is 215 g/mol. The minimum atomic E-state index is -1.19. The van der Waals surface area contributed by atoms with E-state index in [2.05, 4.69) is 4.99 Å². The number of carboxylic acid groups (broad SMARTS) is 1. The number of benzene rings is 1. The molecule has 0 aliphatic rings. The van der Waals surface area contributed by atoms with Crippen LogP contribution >= 0.6 is 0 Å². The fourth-order valence-corrected chi connectivity index (χ4v) is 1.10. The second-order valence-corrected chi connectivity index (χ2v) is 3.34. The minimum absolute atomic E-state index is 0. The van der Waals surface area contributed by atoms with Gasteiger partial charge >= 0.3 is 24.8 Å². The number of hydrogen-bond donors (Lipinski definition) is 2. The molecule has 6 heteroatoms. The molecule has 0 aromatic heterocycles. The molecule has 0 heterocycles. The van der Waals surface area contributed by atoms with E-state index in [1.165, 1.54) is 0 Å². The minimum Gasteiger partial charge on any atom is -0.862 e. The Hall–Kier alpha value is -1.28. The molecule has 5 nitrogen and oxygen atoms in total. The Bertz CT molecular complexity index is 382. The summed E-state index contributed by atoms with van der Waals surface area (Å²) in [6.07, 6.45) is -0.262. The van der Waals surface area contributed by atoms with Crippen LogP contribution in [-0.2, 0) is 11.3 Å². The van der Waals surface area contributed by atoms with Gasteiger partial charge in [-0.05, 0) is 11.5 Å². The molecule has 1 rings (SSSR count). The molecule has 0 amide bonds. The van der Waals surface area contributed by atoms with Crippen molar-refractivity contribution in [2.75, 3.05) is 0 Å². The van der Waals surface area contributed by atoms with Crippen molar-refractivity contribution >= 4 is 11.9 Å². The fraction of sp³-hybridized carbons (Fsp3) is 0.273. The molecule has 0 saturated heterocycles. The van der Waals surface area contributed by atoms with Gasteiger partial charge in [0, 0.05) is 6.42 Å². The van der Waals surface area contributed by atoms with Crippen LogP contribution in [0.15, 0.2) is 35.3 Å². The number of aliphatic carboxylic acids is 1. The van der Waals surface area contributed by atoms with Gasteiger partial charge in [0.15, 0.2) is 0 Å². The first-order chi connectivity index (χ1) is 7.59. The second-order valence-electron chi connectivity index (χ2n) is 3.34. The van der Waals surface area contributed by atoms with Gasteiger partial charge in [0.25, 0.3) is 0 Å². The van der Waals surface area contributed by atoms with E-state index in [1.807, 2.05) is 30.3 Å². The number of hydrogen-bond acceptors (Lipinski definition) is 4. The molecule has 86 valence electrons. The molecule has 0 unspecified atom stereocenters. The van der Waals surface area contributed by atoms with Gasteiger partial charge in [0.05, 0.1) is 6.54 Å². The quantitative estimate of drug-likeness (QED) is 0.314. The first-order valence-corrected chi connectivity index (χ1v) is 4.82. The maximum absolute atomic E-state index is 11.2. The van der Waals surface area contributed by atoms with Crippen molar-refractivity contribution in [1.82, 2.24) is 0 Å². The van der Waals surface area contributed by atoms with E-state index in [1.54, 1.807) is 0 Å². The molecule has 17 heavy (non-hydrogen) atoms. The average molecular weight is 228 g/mol. The van der Waals surface area contributed by atoms with Crippen LogP contribution in [0, 0.1) is 0 Å². The van der Waals surface area contributed by atoms with Crippen LogP contribution in [0.1, 0.15) is 12.0 Å². The van der Waals surface area contributed by atoms with Crippen molar-refractivity contribution in [3.05, 3.63) is 35.9 Å². The Kier molecular flexibility index (Phi) is 7.31. The van der Waals surface area contributed by atoms with Gasteiger partial charge in [0.1, 0.15) is 6.04 Å². The van der Waals surface area contributed by atoms with E-state index in [0.29, 0.717) is 0 Å². The van der Waals surface area contributed by atoms with Crippen LogP contribution in [0.25, 0.3) is 0 Å². The summed E-state index contributed by atoms with van der Waals surface area (Å²) < 4.78 is 0. The Balaban J connectivity index is 0.00000256. The molecule has 3 N–H and O–H groups in total. The van der Waals surface area contributed by atoms with Crippen LogP contribution in [0.5, 0.6) is 0 Å². The van der Waals surface area contributed by atoms with E-state index in [4.69, 9.17) is 10.8 Å². The molecule has 0 spiro atoms. The predicted molar refractivity (Wildman–Crippen MR) is 57.8 cm³/mol. The first kappa shape index (κ1) is 15.7. The Morgan fingerprint density at radius 2 is 2.00 bits per heavy atom.